The molecule has 0 aromatic carbocycles. The Balaban J connectivity index is 1.72. The third-order valence-electron chi connectivity index (χ3n) is 3.35. The first-order chi connectivity index (χ1) is 8.75. The Bertz CT molecular complexity index is 345. The normalized spacial score (nSPS) is 18.6. The lowest BCUT2D eigenvalue weighted by molar-refractivity contribution is 0.183. The van der Waals surface area contributed by atoms with Gasteiger partial charge in [-0.2, -0.15) is 0 Å². The van der Waals surface area contributed by atoms with E-state index in [2.05, 4.69) is 9.88 Å². The Labute approximate surface area is 109 Å². The number of piperidine rings is 1. The molecule has 1 fully saturated rings. The van der Waals surface area contributed by atoms with Crippen LogP contribution in [0.3, 0.4) is 0 Å². The van der Waals surface area contributed by atoms with Crippen molar-refractivity contribution in [2.45, 2.75) is 32.2 Å². The van der Waals surface area contributed by atoms with Gasteiger partial charge in [0.25, 0.3) is 0 Å². The van der Waals surface area contributed by atoms with E-state index in [-0.39, 0.29) is 6.04 Å². The fourth-order valence-electron chi connectivity index (χ4n) is 2.22. The van der Waals surface area contributed by atoms with Gasteiger partial charge in [-0.15, -0.1) is 0 Å². The number of rotatable bonds is 5. The lowest BCUT2D eigenvalue weighted by Gasteiger charge is -2.26. The van der Waals surface area contributed by atoms with Crippen LogP contribution >= 0.6 is 0 Å². The molecule has 1 saturated heterocycles. The SMILES string of the molecule is C[C@H](N)c1ccc(OCCN2CCCCC2)cn1. The van der Waals surface area contributed by atoms with Crippen molar-refractivity contribution < 1.29 is 4.74 Å². The van der Waals surface area contributed by atoms with Crippen molar-refractivity contribution in [3.05, 3.63) is 24.0 Å². The lowest BCUT2D eigenvalue weighted by Crippen LogP contribution is -2.33. The quantitative estimate of drug-likeness (QED) is 0.866. The molecule has 18 heavy (non-hydrogen) atoms. The number of hydrogen-bond donors (Lipinski definition) is 1. The molecule has 4 heteroatoms. The summed E-state index contributed by atoms with van der Waals surface area (Å²) < 4.78 is 5.70. The summed E-state index contributed by atoms with van der Waals surface area (Å²) in [5.74, 6) is 0.830. The highest BCUT2D eigenvalue weighted by molar-refractivity contribution is 5.21. The molecular formula is C14H23N3O. The highest BCUT2D eigenvalue weighted by atomic mass is 16.5. The molecule has 1 aromatic heterocycles. The summed E-state index contributed by atoms with van der Waals surface area (Å²) >= 11 is 0. The number of aromatic nitrogens is 1. The summed E-state index contributed by atoms with van der Waals surface area (Å²) in [6.45, 7) is 6.10. The Morgan fingerprint density at radius 2 is 2.11 bits per heavy atom. The van der Waals surface area contributed by atoms with Gasteiger partial charge >= 0.3 is 0 Å². The molecule has 1 aliphatic heterocycles. The van der Waals surface area contributed by atoms with E-state index in [0.717, 1.165) is 24.6 Å². The Hall–Kier alpha value is -1.13. The zero-order valence-electron chi connectivity index (χ0n) is 11.1. The third kappa shape index (κ3) is 3.96. The summed E-state index contributed by atoms with van der Waals surface area (Å²) in [5, 5.41) is 0. The van der Waals surface area contributed by atoms with Crippen LogP contribution in [0.2, 0.25) is 0 Å². The maximum absolute atomic E-state index is 5.75. The second-order valence-corrected chi connectivity index (χ2v) is 4.96. The largest absolute Gasteiger partial charge is 0.491 e. The van der Waals surface area contributed by atoms with E-state index < -0.39 is 0 Å². The van der Waals surface area contributed by atoms with Gasteiger partial charge in [0.05, 0.1) is 11.9 Å². The smallest absolute Gasteiger partial charge is 0.137 e. The topological polar surface area (TPSA) is 51.4 Å². The highest BCUT2D eigenvalue weighted by Crippen LogP contribution is 2.13. The van der Waals surface area contributed by atoms with Crippen molar-refractivity contribution in [3.63, 3.8) is 0 Å². The van der Waals surface area contributed by atoms with Gasteiger partial charge < -0.3 is 10.5 Å². The molecule has 0 radical (unpaired) electrons. The van der Waals surface area contributed by atoms with Gasteiger partial charge in [0.2, 0.25) is 0 Å². The molecular weight excluding hydrogens is 226 g/mol. The molecule has 0 spiro atoms. The molecule has 0 unspecified atom stereocenters. The first kappa shape index (κ1) is 13.3. The van der Waals surface area contributed by atoms with Crippen LogP contribution in [0.4, 0.5) is 0 Å². The number of pyridine rings is 1. The second-order valence-electron chi connectivity index (χ2n) is 4.96. The lowest BCUT2D eigenvalue weighted by atomic mass is 10.1. The fourth-order valence-corrected chi connectivity index (χ4v) is 2.22. The van der Waals surface area contributed by atoms with Crippen molar-refractivity contribution in [2.75, 3.05) is 26.2 Å². The van der Waals surface area contributed by atoms with Gasteiger partial charge in [-0.05, 0) is 45.0 Å². The minimum atomic E-state index is -0.0209. The molecule has 1 aromatic rings. The average Bonchev–Trinajstić information content (AvgIpc) is 2.40. The molecule has 100 valence electrons. The number of ether oxygens (including phenoxy) is 1. The van der Waals surface area contributed by atoms with Crippen LogP contribution in [0, 0.1) is 0 Å². The van der Waals surface area contributed by atoms with E-state index in [0.29, 0.717) is 0 Å². The van der Waals surface area contributed by atoms with Gasteiger partial charge in [0.1, 0.15) is 12.4 Å². The molecule has 0 aliphatic carbocycles. The van der Waals surface area contributed by atoms with Gasteiger partial charge in [-0.1, -0.05) is 6.42 Å². The van der Waals surface area contributed by atoms with Crippen molar-refractivity contribution >= 4 is 0 Å². The van der Waals surface area contributed by atoms with Crippen LogP contribution in [-0.2, 0) is 0 Å². The van der Waals surface area contributed by atoms with Gasteiger partial charge in [-0.25, -0.2) is 0 Å². The van der Waals surface area contributed by atoms with E-state index in [1.54, 1.807) is 6.20 Å². The van der Waals surface area contributed by atoms with Crippen LogP contribution in [0.25, 0.3) is 0 Å². The maximum Gasteiger partial charge on any atom is 0.137 e. The molecule has 2 heterocycles. The highest BCUT2D eigenvalue weighted by Gasteiger charge is 2.09. The van der Waals surface area contributed by atoms with Crippen molar-refractivity contribution in [1.29, 1.82) is 0 Å². The van der Waals surface area contributed by atoms with Gasteiger partial charge in [0, 0.05) is 12.6 Å². The van der Waals surface area contributed by atoms with Crippen LogP contribution in [0.1, 0.15) is 37.9 Å². The predicted molar refractivity (Wildman–Crippen MR) is 72.6 cm³/mol. The molecule has 1 atom stereocenters. The second kappa shape index (κ2) is 6.71. The predicted octanol–water partition coefficient (Wildman–Crippen LogP) is 1.97. The molecule has 0 saturated carbocycles. The van der Waals surface area contributed by atoms with Crippen LogP contribution < -0.4 is 10.5 Å². The number of nitrogens with two attached hydrogens (primary N) is 1. The number of hydrogen-bond acceptors (Lipinski definition) is 4. The minimum absolute atomic E-state index is 0.0209. The van der Waals surface area contributed by atoms with E-state index >= 15 is 0 Å². The standard InChI is InChI=1S/C14H23N3O/c1-12(15)14-6-5-13(11-16-14)18-10-9-17-7-3-2-4-8-17/h5-6,11-12H,2-4,7-10,15H2,1H3/t12-/m0/s1. The van der Waals surface area contributed by atoms with Crippen molar-refractivity contribution in [1.82, 2.24) is 9.88 Å². The third-order valence-corrected chi connectivity index (χ3v) is 3.35. The minimum Gasteiger partial charge on any atom is -0.491 e. The van der Waals surface area contributed by atoms with Gasteiger partial charge in [0.15, 0.2) is 0 Å². The fraction of sp³-hybridized carbons (Fsp3) is 0.643. The summed E-state index contributed by atoms with van der Waals surface area (Å²) in [7, 11) is 0. The monoisotopic (exact) mass is 249 g/mol. The number of nitrogens with zero attached hydrogens (tertiary/aromatic N) is 2. The summed E-state index contributed by atoms with van der Waals surface area (Å²) in [4.78, 5) is 6.75. The molecule has 2 rings (SSSR count). The van der Waals surface area contributed by atoms with Crippen molar-refractivity contribution in [2.24, 2.45) is 5.73 Å². The Kier molecular flexibility index (Phi) is 4.96. The zero-order chi connectivity index (χ0) is 12.8. The van der Waals surface area contributed by atoms with E-state index in [1.165, 1.54) is 32.4 Å². The van der Waals surface area contributed by atoms with Crippen LogP contribution in [-0.4, -0.2) is 36.1 Å². The van der Waals surface area contributed by atoms with Crippen molar-refractivity contribution in [3.8, 4) is 5.75 Å². The van der Waals surface area contributed by atoms with E-state index in [9.17, 15) is 0 Å². The summed E-state index contributed by atoms with van der Waals surface area (Å²) in [6.07, 6.45) is 5.78. The summed E-state index contributed by atoms with van der Waals surface area (Å²) in [6, 6.07) is 3.86. The maximum atomic E-state index is 5.75. The number of likely N-dealkylation sites (tertiary alicyclic amines) is 1. The average molecular weight is 249 g/mol. The Morgan fingerprint density at radius 1 is 1.33 bits per heavy atom. The summed E-state index contributed by atoms with van der Waals surface area (Å²) in [5.41, 5.74) is 6.65. The van der Waals surface area contributed by atoms with E-state index in [4.69, 9.17) is 10.5 Å². The first-order valence-corrected chi connectivity index (χ1v) is 6.82. The van der Waals surface area contributed by atoms with Gasteiger partial charge in [-0.3, -0.25) is 9.88 Å². The molecule has 1 aliphatic rings. The molecule has 0 amide bonds. The molecule has 2 N–H and O–H groups in total. The van der Waals surface area contributed by atoms with E-state index in [1.807, 2.05) is 19.1 Å². The first-order valence-electron chi connectivity index (χ1n) is 6.82. The Morgan fingerprint density at radius 3 is 2.72 bits per heavy atom. The van der Waals surface area contributed by atoms with Crippen LogP contribution in [0.15, 0.2) is 18.3 Å². The molecule has 4 nitrogen and oxygen atoms in total. The molecule has 0 bridgehead atoms. The van der Waals surface area contributed by atoms with Crippen LogP contribution in [0.5, 0.6) is 5.75 Å². The zero-order valence-corrected chi connectivity index (χ0v) is 11.1.